The van der Waals surface area contributed by atoms with Gasteiger partial charge in [-0.25, -0.2) is 4.79 Å². The van der Waals surface area contributed by atoms with Gasteiger partial charge in [-0.2, -0.15) is 5.10 Å². The van der Waals surface area contributed by atoms with Gasteiger partial charge < -0.3 is 10.2 Å². The minimum absolute atomic E-state index is 0.0960. The first-order valence-electron chi connectivity index (χ1n) is 9.55. The van der Waals surface area contributed by atoms with Crippen molar-refractivity contribution in [2.75, 3.05) is 20.6 Å². The second-order valence-electron chi connectivity index (χ2n) is 8.56. The van der Waals surface area contributed by atoms with Crippen molar-refractivity contribution in [2.24, 2.45) is 0 Å². The number of rotatable bonds is 4. The van der Waals surface area contributed by atoms with E-state index in [4.69, 9.17) is 0 Å². The molecule has 0 saturated carbocycles. The van der Waals surface area contributed by atoms with Gasteiger partial charge in [-0.05, 0) is 22.6 Å². The van der Waals surface area contributed by atoms with Gasteiger partial charge in [0.1, 0.15) is 0 Å². The number of carbonyl (C=O) groups is 1. The third kappa shape index (κ3) is 4.89. The third-order valence-electron chi connectivity index (χ3n) is 4.98. The van der Waals surface area contributed by atoms with Gasteiger partial charge in [0.25, 0.3) is 0 Å². The first-order valence-corrected chi connectivity index (χ1v) is 9.55. The monoisotopic (exact) mass is 369 g/mol. The Kier molecular flexibility index (Phi) is 5.56. The average molecular weight is 370 g/mol. The maximum atomic E-state index is 11.7. The number of urea groups is 1. The van der Waals surface area contributed by atoms with Crippen molar-refractivity contribution in [3.63, 3.8) is 0 Å². The average Bonchev–Trinajstić information content (AvgIpc) is 3.01. The fourth-order valence-corrected chi connectivity index (χ4v) is 3.29. The number of aromatic nitrogens is 2. The molecule has 2 heterocycles. The predicted molar refractivity (Wildman–Crippen MR) is 107 cm³/mol. The Balaban J connectivity index is 1.59. The molecule has 0 unspecified atom stereocenters. The first-order chi connectivity index (χ1) is 12.7. The third-order valence-corrected chi connectivity index (χ3v) is 4.98. The van der Waals surface area contributed by atoms with E-state index in [-0.39, 0.29) is 11.4 Å². The number of nitrogens with one attached hydrogen (secondary N) is 1. The molecule has 27 heavy (non-hydrogen) atoms. The van der Waals surface area contributed by atoms with E-state index in [1.165, 1.54) is 21.7 Å². The van der Waals surface area contributed by atoms with E-state index in [2.05, 4.69) is 71.1 Å². The van der Waals surface area contributed by atoms with Crippen LogP contribution in [0.3, 0.4) is 0 Å². The van der Waals surface area contributed by atoms with Crippen LogP contribution in [0.4, 0.5) is 4.79 Å². The second-order valence-corrected chi connectivity index (χ2v) is 8.56. The number of hydrogen-bond donors (Lipinski definition) is 1. The van der Waals surface area contributed by atoms with Crippen molar-refractivity contribution in [3.05, 3.63) is 52.8 Å². The van der Waals surface area contributed by atoms with Crippen molar-refractivity contribution in [1.82, 2.24) is 24.9 Å². The number of hydrogen-bond acceptors (Lipinski definition) is 3. The molecule has 0 spiro atoms. The molecular formula is C21H31N5O. The van der Waals surface area contributed by atoms with Gasteiger partial charge in [-0.15, -0.1) is 0 Å². The molecule has 0 fully saturated rings. The second kappa shape index (κ2) is 7.72. The standard InChI is InChI=1S/C21H31N5O/c1-21(2,3)17-8-6-16(7-9-17)14-25-10-11-26-19(15-25)12-18(23-26)13-22-20(27)24(4)5/h6-9,12H,10-11,13-15H2,1-5H3,(H,22,27). The topological polar surface area (TPSA) is 53.4 Å². The molecule has 2 amide bonds. The number of benzene rings is 1. The molecule has 1 aliphatic heterocycles. The fraction of sp³-hybridized carbons (Fsp3) is 0.524. The van der Waals surface area contributed by atoms with Crippen LogP contribution in [0, 0.1) is 0 Å². The summed E-state index contributed by atoms with van der Waals surface area (Å²) in [5.74, 6) is 0. The van der Waals surface area contributed by atoms with Crippen LogP contribution < -0.4 is 5.32 Å². The molecule has 0 atom stereocenters. The molecule has 3 rings (SSSR count). The molecule has 1 aromatic heterocycles. The Morgan fingerprint density at radius 3 is 2.52 bits per heavy atom. The highest BCUT2D eigenvalue weighted by atomic mass is 16.2. The molecule has 1 aliphatic rings. The molecule has 6 nitrogen and oxygen atoms in total. The van der Waals surface area contributed by atoms with Crippen LogP contribution in [-0.4, -0.2) is 46.3 Å². The highest BCUT2D eigenvalue weighted by Crippen LogP contribution is 2.23. The lowest BCUT2D eigenvalue weighted by Crippen LogP contribution is -2.34. The normalized spacial score (nSPS) is 14.7. The van der Waals surface area contributed by atoms with Crippen LogP contribution >= 0.6 is 0 Å². The summed E-state index contributed by atoms with van der Waals surface area (Å²) >= 11 is 0. The summed E-state index contributed by atoms with van der Waals surface area (Å²) < 4.78 is 2.07. The van der Waals surface area contributed by atoms with Gasteiger partial charge in [-0.1, -0.05) is 45.0 Å². The zero-order valence-corrected chi connectivity index (χ0v) is 17.1. The van der Waals surface area contributed by atoms with Crippen molar-refractivity contribution >= 4 is 6.03 Å². The van der Waals surface area contributed by atoms with Gasteiger partial charge in [0.05, 0.1) is 24.5 Å². The molecule has 1 aromatic carbocycles. The van der Waals surface area contributed by atoms with Crippen molar-refractivity contribution in [2.45, 2.75) is 52.4 Å². The van der Waals surface area contributed by atoms with E-state index < -0.39 is 0 Å². The minimum Gasteiger partial charge on any atom is -0.332 e. The highest BCUT2D eigenvalue weighted by molar-refractivity contribution is 5.73. The zero-order valence-electron chi connectivity index (χ0n) is 17.1. The fourth-order valence-electron chi connectivity index (χ4n) is 3.29. The molecule has 0 aliphatic carbocycles. The molecule has 2 aromatic rings. The quantitative estimate of drug-likeness (QED) is 0.901. The van der Waals surface area contributed by atoms with Crippen LogP contribution in [0.15, 0.2) is 30.3 Å². The summed E-state index contributed by atoms with van der Waals surface area (Å²) in [6, 6.07) is 11.0. The summed E-state index contributed by atoms with van der Waals surface area (Å²) in [5.41, 5.74) is 5.02. The van der Waals surface area contributed by atoms with Crippen LogP contribution in [0.1, 0.15) is 43.3 Å². The van der Waals surface area contributed by atoms with E-state index in [0.717, 1.165) is 31.9 Å². The first kappa shape index (κ1) is 19.4. The van der Waals surface area contributed by atoms with Crippen molar-refractivity contribution in [3.8, 4) is 0 Å². The van der Waals surface area contributed by atoms with Crippen LogP contribution in [0.5, 0.6) is 0 Å². The van der Waals surface area contributed by atoms with Gasteiger partial charge >= 0.3 is 6.03 Å². The number of carbonyl (C=O) groups excluding carboxylic acids is 1. The zero-order chi connectivity index (χ0) is 19.6. The lowest BCUT2D eigenvalue weighted by atomic mass is 9.87. The Morgan fingerprint density at radius 1 is 1.19 bits per heavy atom. The van der Waals surface area contributed by atoms with E-state index in [1.54, 1.807) is 14.1 Å². The summed E-state index contributed by atoms with van der Waals surface area (Å²) in [7, 11) is 3.47. The Morgan fingerprint density at radius 2 is 1.89 bits per heavy atom. The van der Waals surface area contributed by atoms with Crippen molar-refractivity contribution in [1.29, 1.82) is 0 Å². The Labute approximate surface area is 162 Å². The molecule has 1 N–H and O–H groups in total. The summed E-state index contributed by atoms with van der Waals surface area (Å²) in [5, 5.41) is 7.49. The molecule has 0 radical (unpaired) electrons. The Hall–Kier alpha value is -2.34. The number of fused-ring (bicyclic) bond motifs is 1. The summed E-state index contributed by atoms with van der Waals surface area (Å²) in [6.45, 7) is 10.9. The molecule has 6 heteroatoms. The highest BCUT2D eigenvalue weighted by Gasteiger charge is 2.19. The number of nitrogens with zero attached hydrogens (tertiary/aromatic N) is 4. The van der Waals surface area contributed by atoms with E-state index in [0.29, 0.717) is 6.54 Å². The van der Waals surface area contributed by atoms with E-state index in [9.17, 15) is 4.79 Å². The molecular weight excluding hydrogens is 338 g/mol. The maximum absolute atomic E-state index is 11.7. The van der Waals surface area contributed by atoms with Gasteiger partial charge in [-0.3, -0.25) is 9.58 Å². The SMILES string of the molecule is CN(C)C(=O)NCc1cc2n(n1)CCN(Cc1ccc(C(C)(C)C)cc1)C2. The largest absolute Gasteiger partial charge is 0.332 e. The van der Waals surface area contributed by atoms with Crippen LogP contribution in [-0.2, 0) is 31.6 Å². The molecule has 0 saturated heterocycles. The lowest BCUT2D eigenvalue weighted by Gasteiger charge is -2.28. The van der Waals surface area contributed by atoms with Gasteiger partial charge in [0.2, 0.25) is 0 Å². The maximum Gasteiger partial charge on any atom is 0.317 e. The minimum atomic E-state index is -0.0960. The van der Waals surface area contributed by atoms with Gasteiger partial charge in [0, 0.05) is 33.7 Å². The van der Waals surface area contributed by atoms with E-state index in [1.807, 2.05) is 0 Å². The number of amides is 2. The van der Waals surface area contributed by atoms with Gasteiger partial charge in [0.15, 0.2) is 0 Å². The molecule has 146 valence electrons. The van der Waals surface area contributed by atoms with E-state index >= 15 is 0 Å². The Bertz CT molecular complexity index is 786. The van der Waals surface area contributed by atoms with Crippen molar-refractivity contribution < 1.29 is 4.79 Å². The molecule has 0 bridgehead atoms. The lowest BCUT2D eigenvalue weighted by molar-refractivity contribution is 0.205. The predicted octanol–water partition coefficient (Wildman–Crippen LogP) is 2.97. The summed E-state index contributed by atoms with van der Waals surface area (Å²) in [6.07, 6.45) is 0. The summed E-state index contributed by atoms with van der Waals surface area (Å²) in [4.78, 5) is 15.7. The van der Waals surface area contributed by atoms with Crippen LogP contribution in [0.2, 0.25) is 0 Å². The van der Waals surface area contributed by atoms with Crippen LogP contribution in [0.25, 0.3) is 0 Å². The smallest absolute Gasteiger partial charge is 0.317 e.